The molecule has 1 rings (SSSR count). The first-order valence-electron chi connectivity index (χ1n) is 6.18. The molecule has 0 spiro atoms. The van der Waals surface area contributed by atoms with E-state index in [-0.39, 0.29) is 17.4 Å². The van der Waals surface area contributed by atoms with E-state index < -0.39 is 4.92 Å². The zero-order valence-corrected chi connectivity index (χ0v) is 11.1. The molecule has 0 heterocycles. The van der Waals surface area contributed by atoms with Crippen molar-refractivity contribution in [1.29, 1.82) is 0 Å². The molecule has 0 radical (unpaired) electrons. The van der Waals surface area contributed by atoms with Crippen molar-refractivity contribution < 1.29 is 14.7 Å². The normalized spacial score (nSPS) is 13.1. The van der Waals surface area contributed by atoms with Gasteiger partial charge in [0.25, 0.3) is 5.69 Å². The standard InChI is InChI=1S/C13H18N2O4/c1-3-11(14(16)4-2)9-10-19-13-7-5-12(6-8-13)15(17)18/h5-9,14H,3-4,10H2,1-2H3/b11-9+. The molecular formula is C13H18N2O4. The van der Waals surface area contributed by atoms with Crippen LogP contribution in [0.4, 0.5) is 5.69 Å². The van der Waals surface area contributed by atoms with E-state index in [0.717, 1.165) is 5.70 Å². The molecule has 0 aliphatic heterocycles. The number of ether oxygens (including phenoxy) is 1. The summed E-state index contributed by atoms with van der Waals surface area (Å²) < 4.78 is 5.42. The second-order valence-electron chi connectivity index (χ2n) is 3.92. The van der Waals surface area contributed by atoms with E-state index in [1.165, 1.54) is 12.1 Å². The summed E-state index contributed by atoms with van der Waals surface area (Å²) in [7, 11) is 0. The number of nitro benzene ring substituents is 1. The van der Waals surface area contributed by atoms with Crippen LogP contribution in [0, 0.1) is 15.3 Å². The highest BCUT2D eigenvalue weighted by atomic mass is 16.6. The van der Waals surface area contributed by atoms with Gasteiger partial charge in [-0.15, -0.1) is 0 Å². The molecule has 0 aromatic heterocycles. The van der Waals surface area contributed by atoms with Crippen LogP contribution in [-0.2, 0) is 0 Å². The summed E-state index contributed by atoms with van der Waals surface area (Å²) in [5.74, 6) is 0.543. The minimum Gasteiger partial charge on any atom is -0.629 e. The molecule has 1 atom stereocenters. The molecule has 6 heteroatoms. The quantitative estimate of drug-likeness (QED) is 0.601. The van der Waals surface area contributed by atoms with Gasteiger partial charge in [0.15, 0.2) is 0 Å². The summed E-state index contributed by atoms with van der Waals surface area (Å²) in [4.78, 5) is 10.0. The largest absolute Gasteiger partial charge is 0.629 e. The van der Waals surface area contributed by atoms with Crippen molar-refractivity contribution in [2.75, 3.05) is 13.2 Å². The predicted molar refractivity (Wildman–Crippen MR) is 71.8 cm³/mol. The Kier molecular flexibility index (Phi) is 5.98. The first-order chi connectivity index (χ1) is 9.08. The first kappa shape index (κ1) is 15.1. The SMILES string of the molecule is CC/C(=C\COc1ccc([N+](=O)[O-])cc1)[NH+]([O-])CC. The minimum atomic E-state index is -0.460. The van der Waals surface area contributed by atoms with Gasteiger partial charge in [0.2, 0.25) is 0 Å². The van der Waals surface area contributed by atoms with Crippen LogP contribution in [0.25, 0.3) is 0 Å². The second-order valence-corrected chi connectivity index (χ2v) is 3.92. The number of quaternary nitrogens is 1. The van der Waals surface area contributed by atoms with Gasteiger partial charge in [-0.05, 0) is 19.1 Å². The average Bonchev–Trinajstić information content (AvgIpc) is 2.43. The zero-order chi connectivity index (χ0) is 14.3. The molecule has 0 aliphatic rings. The maximum atomic E-state index is 11.5. The van der Waals surface area contributed by atoms with Crippen LogP contribution in [0.1, 0.15) is 20.3 Å². The Morgan fingerprint density at radius 2 is 2.00 bits per heavy atom. The van der Waals surface area contributed by atoms with E-state index in [1.54, 1.807) is 18.2 Å². The Labute approximate surface area is 112 Å². The lowest BCUT2D eigenvalue weighted by atomic mass is 10.3. The monoisotopic (exact) mass is 266 g/mol. The molecule has 1 aromatic rings. The number of hydrogen-bond donors (Lipinski definition) is 1. The summed E-state index contributed by atoms with van der Waals surface area (Å²) in [5.41, 5.74) is 0.780. The first-order valence-corrected chi connectivity index (χ1v) is 6.18. The van der Waals surface area contributed by atoms with Crippen LogP contribution in [0.3, 0.4) is 0 Å². The molecule has 0 saturated carbocycles. The highest BCUT2D eigenvalue weighted by molar-refractivity contribution is 5.36. The van der Waals surface area contributed by atoms with Gasteiger partial charge < -0.3 is 15.0 Å². The summed E-state index contributed by atoms with van der Waals surface area (Å²) in [6.45, 7) is 4.51. The molecule has 0 saturated heterocycles. The summed E-state index contributed by atoms with van der Waals surface area (Å²) in [6, 6.07) is 5.85. The molecule has 0 fully saturated rings. The van der Waals surface area contributed by atoms with Gasteiger partial charge in [-0.3, -0.25) is 10.1 Å². The Morgan fingerprint density at radius 1 is 1.37 bits per heavy atom. The van der Waals surface area contributed by atoms with Crippen molar-refractivity contribution in [3.8, 4) is 5.75 Å². The molecule has 1 aromatic carbocycles. The highest BCUT2D eigenvalue weighted by Gasteiger charge is 2.05. The van der Waals surface area contributed by atoms with Crippen LogP contribution >= 0.6 is 0 Å². The molecule has 19 heavy (non-hydrogen) atoms. The second kappa shape index (κ2) is 7.50. The van der Waals surface area contributed by atoms with Crippen LogP contribution in [-0.4, -0.2) is 18.1 Å². The smallest absolute Gasteiger partial charge is 0.269 e. The fourth-order valence-electron chi connectivity index (χ4n) is 1.58. The molecule has 1 N–H and O–H groups in total. The van der Waals surface area contributed by atoms with Crippen LogP contribution < -0.4 is 9.80 Å². The molecule has 104 valence electrons. The maximum absolute atomic E-state index is 11.5. The van der Waals surface area contributed by atoms with E-state index in [0.29, 0.717) is 18.7 Å². The third kappa shape index (κ3) is 4.69. The van der Waals surface area contributed by atoms with E-state index in [2.05, 4.69) is 0 Å². The lowest BCUT2D eigenvalue weighted by Gasteiger charge is -2.22. The number of hydroxylamine groups is 2. The summed E-state index contributed by atoms with van der Waals surface area (Å²) in [6.07, 6.45) is 2.43. The number of rotatable bonds is 7. The Bertz CT molecular complexity index is 442. The molecule has 1 unspecified atom stereocenters. The van der Waals surface area contributed by atoms with Gasteiger partial charge in [-0.25, -0.2) is 0 Å². The third-order valence-corrected chi connectivity index (χ3v) is 2.69. The van der Waals surface area contributed by atoms with E-state index in [4.69, 9.17) is 4.74 Å². The van der Waals surface area contributed by atoms with Crippen molar-refractivity contribution >= 4 is 5.69 Å². The molecule has 0 aliphatic carbocycles. The number of allylic oxidation sites excluding steroid dienone is 1. The number of nitrogens with one attached hydrogen (secondary N) is 1. The van der Waals surface area contributed by atoms with Gasteiger partial charge in [-0.1, -0.05) is 6.92 Å². The fourth-order valence-corrected chi connectivity index (χ4v) is 1.58. The number of hydrogen-bond acceptors (Lipinski definition) is 4. The lowest BCUT2D eigenvalue weighted by molar-refractivity contribution is -0.805. The van der Waals surface area contributed by atoms with Crippen LogP contribution in [0.15, 0.2) is 36.0 Å². The van der Waals surface area contributed by atoms with Gasteiger partial charge >= 0.3 is 0 Å². The molecule has 6 nitrogen and oxygen atoms in total. The fraction of sp³-hybridized carbons (Fsp3) is 0.385. The van der Waals surface area contributed by atoms with Crippen molar-refractivity contribution in [2.24, 2.45) is 0 Å². The number of nitro groups is 1. The number of non-ortho nitro benzene ring substituents is 1. The number of nitrogens with zero attached hydrogens (tertiary/aromatic N) is 1. The van der Waals surface area contributed by atoms with Crippen molar-refractivity contribution in [3.63, 3.8) is 0 Å². The van der Waals surface area contributed by atoms with Gasteiger partial charge in [0.05, 0.1) is 11.5 Å². The topological polar surface area (TPSA) is 79.9 Å². The van der Waals surface area contributed by atoms with Crippen molar-refractivity contribution in [3.05, 3.63) is 51.4 Å². The lowest BCUT2D eigenvalue weighted by Crippen LogP contribution is -3.04. The zero-order valence-electron chi connectivity index (χ0n) is 11.1. The minimum absolute atomic E-state index is 0.0262. The highest BCUT2D eigenvalue weighted by Crippen LogP contribution is 2.17. The Morgan fingerprint density at radius 3 is 2.47 bits per heavy atom. The molecule has 0 amide bonds. The molecular weight excluding hydrogens is 248 g/mol. The van der Waals surface area contributed by atoms with Crippen molar-refractivity contribution in [2.45, 2.75) is 20.3 Å². The van der Waals surface area contributed by atoms with E-state index in [1.807, 2.05) is 13.8 Å². The van der Waals surface area contributed by atoms with Crippen LogP contribution in [0.2, 0.25) is 0 Å². The maximum Gasteiger partial charge on any atom is 0.269 e. The Balaban J connectivity index is 2.56. The summed E-state index contributed by atoms with van der Waals surface area (Å²) >= 11 is 0. The van der Waals surface area contributed by atoms with Crippen LogP contribution in [0.5, 0.6) is 5.75 Å². The number of benzene rings is 1. The van der Waals surface area contributed by atoms with E-state index >= 15 is 0 Å². The van der Waals surface area contributed by atoms with E-state index in [9.17, 15) is 15.3 Å². The van der Waals surface area contributed by atoms with Crippen molar-refractivity contribution in [1.82, 2.24) is 0 Å². The molecule has 0 bridgehead atoms. The van der Waals surface area contributed by atoms with Gasteiger partial charge in [-0.2, -0.15) is 0 Å². The summed E-state index contributed by atoms with van der Waals surface area (Å²) in [5, 5.41) is 22.1. The predicted octanol–water partition coefficient (Wildman–Crippen LogP) is 1.67. The third-order valence-electron chi connectivity index (χ3n) is 2.69. The average molecular weight is 266 g/mol. The Hall–Kier alpha value is -1.92. The van der Waals surface area contributed by atoms with Gasteiger partial charge in [0.1, 0.15) is 18.1 Å². The van der Waals surface area contributed by atoms with Gasteiger partial charge in [0, 0.05) is 24.6 Å².